The second-order valence-corrected chi connectivity index (χ2v) is 8.33. The second-order valence-electron chi connectivity index (χ2n) is 8.33. The normalized spacial score (nSPS) is 43.4. The van der Waals surface area contributed by atoms with Gasteiger partial charge in [-0.25, -0.2) is 0 Å². The van der Waals surface area contributed by atoms with Gasteiger partial charge in [-0.2, -0.15) is 0 Å². The Morgan fingerprint density at radius 2 is 2.14 bits per heavy atom. The molecule has 1 saturated heterocycles. The lowest BCUT2D eigenvalue weighted by Gasteiger charge is -2.58. The lowest BCUT2D eigenvalue weighted by atomic mass is 9.48. The molecule has 0 aromatic rings. The van der Waals surface area contributed by atoms with Crippen LogP contribution in [0.5, 0.6) is 0 Å². The van der Waals surface area contributed by atoms with E-state index in [4.69, 9.17) is 9.47 Å². The number of aliphatic hydroxyl groups is 1. The first-order chi connectivity index (χ1) is 10.4. The summed E-state index contributed by atoms with van der Waals surface area (Å²) in [6.07, 6.45) is 7.71. The zero-order valence-electron chi connectivity index (χ0n) is 14.6. The Labute approximate surface area is 135 Å². The number of fused-ring (bicyclic) bond motifs is 3. The molecule has 0 aromatic carbocycles. The molecule has 0 aromatic heterocycles. The summed E-state index contributed by atoms with van der Waals surface area (Å²) in [6.45, 7) is 10.8. The Balaban J connectivity index is 1.82. The van der Waals surface area contributed by atoms with Gasteiger partial charge >= 0.3 is 0 Å². The highest BCUT2D eigenvalue weighted by Crippen LogP contribution is 2.62. The van der Waals surface area contributed by atoms with E-state index < -0.39 is 6.29 Å². The summed E-state index contributed by atoms with van der Waals surface area (Å²) >= 11 is 0. The number of rotatable bonds is 4. The summed E-state index contributed by atoms with van der Waals surface area (Å²) < 4.78 is 11.8. The molecule has 1 saturated carbocycles. The number of aliphatic hydroxyl groups excluding tert-OH is 1. The van der Waals surface area contributed by atoms with Crippen LogP contribution < -0.4 is 0 Å². The van der Waals surface area contributed by atoms with Crippen LogP contribution in [0, 0.1) is 22.7 Å². The van der Waals surface area contributed by atoms with Crippen molar-refractivity contribution in [1.29, 1.82) is 0 Å². The molecule has 3 rings (SSSR count). The Morgan fingerprint density at radius 3 is 2.86 bits per heavy atom. The van der Waals surface area contributed by atoms with Crippen LogP contribution in [0.25, 0.3) is 0 Å². The van der Waals surface area contributed by atoms with Crippen LogP contribution >= 0.6 is 0 Å². The summed E-state index contributed by atoms with van der Waals surface area (Å²) in [4.78, 5) is 0. The van der Waals surface area contributed by atoms with Gasteiger partial charge in [0.1, 0.15) is 0 Å². The predicted molar refractivity (Wildman–Crippen MR) is 87.4 cm³/mol. The zero-order chi connectivity index (χ0) is 16.0. The van der Waals surface area contributed by atoms with E-state index in [0.717, 1.165) is 32.3 Å². The summed E-state index contributed by atoms with van der Waals surface area (Å²) in [5.41, 5.74) is 1.60. The molecule has 0 spiro atoms. The third-order valence-corrected chi connectivity index (χ3v) is 6.72. The van der Waals surface area contributed by atoms with Gasteiger partial charge in [0, 0.05) is 12.5 Å². The quantitative estimate of drug-likeness (QED) is 0.632. The fraction of sp³-hybridized carbons (Fsp3) is 0.895. The second kappa shape index (κ2) is 5.92. The maximum atomic E-state index is 10.3. The molecule has 3 aliphatic rings. The van der Waals surface area contributed by atoms with Gasteiger partial charge in [-0.15, -0.1) is 0 Å². The number of allylic oxidation sites excluding steroid dienone is 1. The maximum absolute atomic E-state index is 10.3. The Bertz CT molecular complexity index is 442. The minimum Gasteiger partial charge on any atom is -0.378 e. The van der Waals surface area contributed by atoms with Crippen LogP contribution in [0.3, 0.4) is 0 Å². The first kappa shape index (κ1) is 16.5. The number of hydrogen-bond donors (Lipinski definition) is 1. The van der Waals surface area contributed by atoms with Gasteiger partial charge in [0.05, 0.1) is 12.7 Å². The van der Waals surface area contributed by atoms with Crippen LogP contribution in [-0.2, 0) is 9.47 Å². The molecule has 1 heterocycles. The fourth-order valence-electron chi connectivity index (χ4n) is 5.43. The van der Waals surface area contributed by atoms with Gasteiger partial charge in [-0.05, 0) is 48.0 Å². The molecule has 0 unspecified atom stereocenters. The van der Waals surface area contributed by atoms with E-state index in [-0.39, 0.29) is 16.7 Å². The third-order valence-electron chi connectivity index (χ3n) is 6.72. The highest BCUT2D eigenvalue weighted by atomic mass is 16.6. The van der Waals surface area contributed by atoms with Gasteiger partial charge in [0.2, 0.25) is 0 Å². The van der Waals surface area contributed by atoms with Crippen molar-refractivity contribution >= 4 is 0 Å². The predicted octanol–water partition coefficient (Wildman–Crippen LogP) is 3.91. The minimum atomic E-state index is -0.618. The smallest absolute Gasteiger partial charge is 0.162 e. The molecule has 2 fully saturated rings. The first-order valence-electron chi connectivity index (χ1n) is 9.01. The van der Waals surface area contributed by atoms with E-state index in [1.165, 1.54) is 12.0 Å². The molecule has 1 N–H and O–H groups in total. The summed E-state index contributed by atoms with van der Waals surface area (Å²) in [6, 6.07) is 0. The SMILES string of the molecule is CCCCO[C@H]1CC[C@]2(C)[C@@H]3C(=CC[C@H]2C1(C)C)CO[C@H]3O. The first-order valence-corrected chi connectivity index (χ1v) is 9.01. The molecular weight excluding hydrogens is 276 g/mol. The average Bonchev–Trinajstić information content (AvgIpc) is 2.84. The molecule has 1 aliphatic heterocycles. The molecule has 0 radical (unpaired) electrons. The minimum absolute atomic E-state index is 0.133. The number of ether oxygens (including phenoxy) is 2. The van der Waals surface area contributed by atoms with Gasteiger partial charge in [-0.3, -0.25) is 0 Å². The van der Waals surface area contributed by atoms with Crippen LogP contribution in [0.15, 0.2) is 11.6 Å². The van der Waals surface area contributed by atoms with E-state index >= 15 is 0 Å². The van der Waals surface area contributed by atoms with Gasteiger partial charge in [-0.1, -0.05) is 40.2 Å². The molecule has 0 bridgehead atoms. The van der Waals surface area contributed by atoms with E-state index in [1.807, 2.05) is 0 Å². The fourth-order valence-corrected chi connectivity index (χ4v) is 5.43. The van der Waals surface area contributed by atoms with Crippen LogP contribution in [0.4, 0.5) is 0 Å². The topological polar surface area (TPSA) is 38.7 Å². The van der Waals surface area contributed by atoms with Gasteiger partial charge < -0.3 is 14.6 Å². The van der Waals surface area contributed by atoms with E-state index in [2.05, 4.69) is 33.8 Å². The van der Waals surface area contributed by atoms with Gasteiger partial charge in [0.15, 0.2) is 6.29 Å². The summed E-state index contributed by atoms with van der Waals surface area (Å²) in [5, 5.41) is 10.3. The van der Waals surface area contributed by atoms with Crippen LogP contribution in [0.1, 0.15) is 59.8 Å². The number of hydrogen-bond acceptors (Lipinski definition) is 3. The molecule has 3 heteroatoms. The Morgan fingerprint density at radius 1 is 1.36 bits per heavy atom. The van der Waals surface area contributed by atoms with E-state index in [9.17, 15) is 5.11 Å². The lowest BCUT2D eigenvalue weighted by Crippen LogP contribution is -2.56. The van der Waals surface area contributed by atoms with E-state index in [1.54, 1.807) is 0 Å². The lowest BCUT2D eigenvalue weighted by molar-refractivity contribution is -0.174. The van der Waals surface area contributed by atoms with Crippen molar-refractivity contribution in [1.82, 2.24) is 0 Å². The summed E-state index contributed by atoms with van der Waals surface area (Å²) in [7, 11) is 0. The molecular formula is C19H32O3. The van der Waals surface area contributed by atoms with Gasteiger partial charge in [0.25, 0.3) is 0 Å². The van der Waals surface area contributed by atoms with Crippen molar-refractivity contribution in [2.24, 2.45) is 22.7 Å². The maximum Gasteiger partial charge on any atom is 0.162 e. The highest BCUT2D eigenvalue weighted by molar-refractivity contribution is 5.24. The third kappa shape index (κ3) is 2.46. The molecule has 0 amide bonds. The Hall–Kier alpha value is -0.380. The van der Waals surface area contributed by atoms with Crippen molar-refractivity contribution in [2.45, 2.75) is 72.2 Å². The van der Waals surface area contributed by atoms with Crippen molar-refractivity contribution < 1.29 is 14.6 Å². The molecule has 22 heavy (non-hydrogen) atoms. The van der Waals surface area contributed by atoms with Crippen LogP contribution in [-0.4, -0.2) is 30.7 Å². The van der Waals surface area contributed by atoms with E-state index in [0.29, 0.717) is 18.6 Å². The molecule has 126 valence electrons. The monoisotopic (exact) mass is 308 g/mol. The molecule has 5 atom stereocenters. The van der Waals surface area contributed by atoms with Crippen LogP contribution in [0.2, 0.25) is 0 Å². The largest absolute Gasteiger partial charge is 0.378 e. The standard InChI is InChI=1S/C19H32O3/c1-5-6-11-21-15-9-10-19(4)14(18(15,2)3)8-7-13-12-22-17(20)16(13)19/h7,14-17,20H,5-6,8-12H2,1-4H3/t14-,15-,16+,17+,19-/m0/s1. The highest BCUT2D eigenvalue weighted by Gasteiger charge is 2.59. The van der Waals surface area contributed by atoms with Crippen molar-refractivity contribution in [3.8, 4) is 0 Å². The average molecular weight is 308 g/mol. The molecule has 2 aliphatic carbocycles. The summed E-state index contributed by atoms with van der Waals surface area (Å²) in [5.74, 6) is 0.729. The number of unbranched alkanes of at least 4 members (excludes halogenated alkanes) is 1. The Kier molecular flexibility index (Phi) is 4.43. The van der Waals surface area contributed by atoms with Crippen molar-refractivity contribution in [3.63, 3.8) is 0 Å². The molecule has 3 nitrogen and oxygen atoms in total. The van der Waals surface area contributed by atoms with Crippen molar-refractivity contribution in [2.75, 3.05) is 13.2 Å². The van der Waals surface area contributed by atoms with Crippen molar-refractivity contribution in [3.05, 3.63) is 11.6 Å². The zero-order valence-corrected chi connectivity index (χ0v) is 14.6.